The van der Waals surface area contributed by atoms with Gasteiger partial charge in [0.2, 0.25) is 0 Å². The first-order chi connectivity index (χ1) is 16.8. The number of rotatable bonds is 11. The normalized spacial score (nSPS) is 22.1. The number of hydrogen-bond acceptors (Lipinski definition) is 5. The van der Waals surface area contributed by atoms with E-state index >= 15 is 0 Å². The Labute approximate surface area is 201 Å². The van der Waals surface area contributed by atoms with Crippen LogP contribution in [0.2, 0.25) is 0 Å². The van der Waals surface area contributed by atoms with Crippen molar-refractivity contribution in [3.63, 3.8) is 0 Å². The van der Waals surface area contributed by atoms with Crippen molar-refractivity contribution in [2.24, 2.45) is 0 Å². The third kappa shape index (κ3) is 7.02. The molecule has 3 aromatic rings. The van der Waals surface area contributed by atoms with E-state index in [1.54, 1.807) is 13.4 Å². The maximum Gasteiger partial charge on any atom is 0.150 e. The first-order valence-corrected chi connectivity index (χ1v) is 11.6. The van der Waals surface area contributed by atoms with Crippen LogP contribution in [0.1, 0.15) is 16.7 Å². The summed E-state index contributed by atoms with van der Waals surface area (Å²) >= 11 is 0. The van der Waals surface area contributed by atoms with Gasteiger partial charge in [-0.2, -0.15) is 0 Å². The molecule has 0 aromatic heterocycles. The standard InChI is InChI=1S/C29H32O5/c1-30-22-27-29(34-21-25-15-9-4-10-16-25)28(33-20-24-13-7-3-8-14-24)26(17-18-31-27)32-19-23-11-5-2-6-12-23/h2-18,26-29H,19-22H2,1H3/t26-,27+,28+,29+/m0/s1. The fraction of sp³-hybridized carbons (Fsp3) is 0.310. The van der Waals surface area contributed by atoms with Gasteiger partial charge in [0, 0.05) is 7.11 Å². The van der Waals surface area contributed by atoms with Crippen LogP contribution in [-0.2, 0) is 43.5 Å². The molecular formula is C29H32O5. The van der Waals surface area contributed by atoms with E-state index in [-0.39, 0.29) is 12.2 Å². The van der Waals surface area contributed by atoms with Gasteiger partial charge in [-0.1, -0.05) is 91.0 Å². The SMILES string of the molecule is COC[C@H]1OC=C[C@H](OCc2ccccc2)[C@@H](OCc2ccccc2)[C@@H]1OCc1ccccc1. The summed E-state index contributed by atoms with van der Waals surface area (Å²) in [5.41, 5.74) is 3.26. The molecule has 1 aliphatic heterocycles. The van der Waals surface area contributed by atoms with Crippen LogP contribution in [0.15, 0.2) is 103 Å². The highest BCUT2D eigenvalue weighted by Gasteiger charge is 2.39. The topological polar surface area (TPSA) is 46.2 Å². The Morgan fingerprint density at radius 1 is 0.618 bits per heavy atom. The van der Waals surface area contributed by atoms with Crippen LogP contribution in [0.4, 0.5) is 0 Å². The maximum absolute atomic E-state index is 6.49. The zero-order valence-electron chi connectivity index (χ0n) is 19.5. The summed E-state index contributed by atoms with van der Waals surface area (Å²) in [6, 6.07) is 30.3. The molecule has 0 spiro atoms. The Kier molecular flexibility index (Phi) is 9.29. The zero-order chi connectivity index (χ0) is 23.4. The van der Waals surface area contributed by atoms with E-state index in [9.17, 15) is 0 Å². The molecule has 0 aliphatic carbocycles. The molecule has 0 unspecified atom stereocenters. The Morgan fingerprint density at radius 2 is 1.09 bits per heavy atom. The van der Waals surface area contributed by atoms with Crippen LogP contribution in [0.5, 0.6) is 0 Å². The molecule has 3 aromatic carbocycles. The molecule has 5 heteroatoms. The molecule has 34 heavy (non-hydrogen) atoms. The van der Waals surface area contributed by atoms with Crippen molar-refractivity contribution >= 4 is 0 Å². The van der Waals surface area contributed by atoms with Crippen LogP contribution < -0.4 is 0 Å². The van der Waals surface area contributed by atoms with Crippen molar-refractivity contribution in [1.82, 2.24) is 0 Å². The van der Waals surface area contributed by atoms with Gasteiger partial charge in [-0.15, -0.1) is 0 Å². The van der Waals surface area contributed by atoms with Crippen LogP contribution in [0, 0.1) is 0 Å². The summed E-state index contributed by atoms with van der Waals surface area (Å²) in [7, 11) is 1.66. The van der Waals surface area contributed by atoms with Gasteiger partial charge >= 0.3 is 0 Å². The third-order valence-corrected chi connectivity index (χ3v) is 5.72. The predicted molar refractivity (Wildman–Crippen MR) is 131 cm³/mol. The lowest BCUT2D eigenvalue weighted by atomic mass is 10.0. The van der Waals surface area contributed by atoms with Gasteiger partial charge in [-0.3, -0.25) is 0 Å². The number of benzene rings is 3. The minimum atomic E-state index is -0.403. The Morgan fingerprint density at radius 3 is 1.59 bits per heavy atom. The number of methoxy groups -OCH3 is 1. The molecule has 4 rings (SSSR count). The van der Waals surface area contributed by atoms with Crippen molar-refractivity contribution in [3.8, 4) is 0 Å². The number of hydrogen-bond donors (Lipinski definition) is 0. The van der Waals surface area contributed by atoms with Crippen molar-refractivity contribution in [1.29, 1.82) is 0 Å². The highest BCUT2D eigenvalue weighted by atomic mass is 16.6. The van der Waals surface area contributed by atoms with E-state index in [0.717, 1.165) is 16.7 Å². The van der Waals surface area contributed by atoms with E-state index in [1.807, 2.05) is 84.9 Å². The summed E-state index contributed by atoms with van der Waals surface area (Å²) in [5.74, 6) is 0. The van der Waals surface area contributed by atoms with Gasteiger partial charge in [0.15, 0.2) is 0 Å². The fourth-order valence-electron chi connectivity index (χ4n) is 3.95. The van der Waals surface area contributed by atoms with E-state index in [0.29, 0.717) is 26.4 Å². The highest BCUT2D eigenvalue weighted by molar-refractivity contribution is 5.16. The van der Waals surface area contributed by atoms with Gasteiger partial charge in [0.05, 0.1) is 32.7 Å². The second-order valence-corrected chi connectivity index (χ2v) is 8.24. The summed E-state index contributed by atoms with van der Waals surface area (Å²) in [6.07, 6.45) is 2.10. The van der Waals surface area contributed by atoms with Crippen molar-refractivity contribution in [2.45, 2.75) is 44.2 Å². The molecule has 0 amide bonds. The summed E-state index contributed by atoms with van der Waals surface area (Å²) in [6.45, 7) is 1.71. The number of ether oxygens (including phenoxy) is 5. The minimum absolute atomic E-state index is 0.337. The highest BCUT2D eigenvalue weighted by Crippen LogP contribution is 2.25. The Balaban J connectivity index is 1.55. The largest absolute Gasteiger partial charge is 0.493 e. The van der Waals surface area contributed by atoms with Crippen LogP contribution >= 0.6 is 0 Å². The summed E-state index contributed by atoms with van der Waals surface area (Å²) in [5, 5.41) is 0. The van der Waals surface area contributed by atoms with Gasteiger partial charge in [-0.25, -0.2) is 0 Å². The zero-order valence-corrected chi connectivity index (χ0v) is 19.5. The molecule has 0 saturated carbocycles. The van der Waals surface area contributed by atoms with Gasteiger partial charge in [-0.05, 0) is 22.8 Å². The molecule has 0 radical (unpaired) electrons. The van der Waals surface area contributed by atoms with E-state index in [2.05, 4.69) is 12.1 Å². The van der Waals surface area contributed by atoms with E-state index < -0.39 is 12.2 Å². The molecule has 5 nitrogen and oxygen atoms in total. The first-order valence-electron chi connectivity index (χ1n) is 11.6. The lowest BCUT2D eigenvalue weighted by molar-refractivity contribution is -0.171. The van der Waals surface area contributed by atoms with E-state index in [1.165, 1.54) is 0 Å². The van der Waals surface area contributed by atoms with Gasteiger partial charge in [0.25, 0.3) is 0 Å². The quantitative estimate of drug-likeness (QED) is 0.389. The van der Waals surface area contributed by atoms with E-state index in [4.69, 9.17) is 23.7 Å². The van der Waals surface area contributed by atoms with Crippen molar-refractivity contribution < 1.29 is 23.7 Å². The van der Waals surface area contributed by atoms with Crippen LogP contribution in [-0.4, -0.2) is 38.1 Å². The van der Waals surface area contributed by atoms with Gasteiger partial charge < -0.3 is 23.7 Å². The van der Waals surface area contributed by atoms with Crippen molar-refractivity contribution in [3.05, 3.63) is 120 Å². The second kappa shape index (κ2) is 13.1. The lowest BCUT2D eigenvalue weighted by Gasteiger charge is -2.34. The fourth-order valence-corrected chi connectivity index (χ4v) is 3.95. The lowest BCUT2D eigenvalue weighted by Crippen LogP contribution is -2.48. The molecule has 0 N–H and O–H groups in total. The smallest absolute Gasteiger partial charge is 0.150 e. The second-order valence-electron chi connectivity index (χ2n) is 8.24. The first kappa shape index (κ1) is 24.2. The predicted octanol–water partition coefficient (Wildman–Crippen LogP) is 5.30. The van der Waals surface area contributed by atoms with Gasteiger partial charge in [0.1, 0.15) is 24.4 Å². The van der Waals surface area contributed by atoms with Crippen molar-refractivity contribution in [2.75, 3.05) is 13.7 Å². The molecule has 0 fully saturated rings. The maximum atomic E-state index is 6.49. The molecule has 1 aliphatic rings. The molecule has 4 atom stereocenters. The molecule has 178 valence electrons. The molecular weight excluding hydrogens is 428 g/mol. The minimum Gasteiger partial charge on any atom is -0.493 e. The molecule has 0 bridgehead atoms. The summed E-state index contributed by atoms with van der Waals surface area (Å²) in [4.78, 5) is 0. The molecule has 0 saturated heterocycles. The molecule has 1 heterocycles. The average molecular weight is 461 g/mol. The average Bonchev–Trinajstić information content (AvgIpc) is 3.05. The Hall–Kier alpha value is -2.96. The monoisotopic (exact) mass is 460 g/mol. The third-order valence-electron chi connectivity index (χ3n) is 5.72. The summed E-state index contributed by atoms with van der Waals surface area (Å²) < 4.78 is 30.8. The Bertz CT molecular complexity index is 977. The van der Waals surface area contributed by atoms with Crippen LogP contribution in [0.3, 0.4) is 0 Å². The van der Waals surface area contributed by atoms with Crippen LogP contribution in [0.25, 0.3) is 0 Å².